The van der Waals surface area contributed by atoms with Crippen LogP contribution < -0.4 is 5.32 Å². The Morgan fingerprint density at radius 1 is 1.06 bits per heavy atom. The highest BCUT2D eigenvalue weighted by Crippen LogP contribution is 2.29. The van der Waals surface area contributed by atoms with Gasteiger partial charge >= 0.3 is 6.03 Å². The molecule has 174 valence electrons. The van der Waals surface area contributed by atoms with Crippen molar-refractivity contribution < 1.29 is 4.79 Å². The van der Waals surface area contributed by atoms with Crippen molar-refractivity contribution in [1.82, 2.24) is 9.88 Å². The van der Waals surface area contributed by atoms with Gasteiger partial charge in [0.05, 0.1) is 12.2 Å². The Morgan fingerprint density at radius 3 is 2.33 bits per heavy atom. The molecule has 2 amide bonds. The number of nitrogens with zero attached hydrogens (tertiary/aromatic N) is 2. The maximum atomic E-state index is 13.6. The smallest absolute Gasteiger partial charge is 0.316 e. The number of anilines is 1. The Labute approximate surface area is 206 Å². The van der Waals surface area contributed by atoms with Gasteiger partial charge in [0.2, 0.25) is 0 Å². The van der Waals surface area contributed by atoms with E-state index < -0.39 is 0 Å². The van der Waals surface area contributed by atoms with Crippen LogP contribution in [0.1, 0.15) is 60.9 Å². The molecule has 0 spiro atoms. The number of aromatic nitrogens is 1. The average molecular weight is 482 g/mol. The summed E-state index contributed by atoms with van der Waals surface area (Å²) in [6, 6.07) is 12.2. The fourth-order valence-electron chi connectivity index (χ4n) is 4.77. The van der Waals surface area contributed by atoms with Gasteiger partial charge < -0.3 is 10.2 Å². The molecule has 0 unspecified atom stereocenters. The quantitative estimate of drug-likeness (QED) is 0.373. The Hall–Kier alpha value is -2.37. The van der Waals surface area contributed by atoms with Crippen molar-refractivity contribution in [3.05, 3.63) is 69.2 Å². The number of hydrogen-bond acceptors (Lipinski definition) is 3. The van der Waals surface area contributed by atoms with Gasteiger partial charge in [0.1, 0.15) is 5.01 Å². The van der Waals surface area contributed by atoms with Crippen LogP contribution in [-0.2, 0) is 6.54 Å². The molecule has 1 aliphatic rings. The first-order chi connectivity index (χ1) is 15.9. The largest absolute Gasteiger partial charge is 0.322 e. The highest BCUT2D eigenvalue weighted by Gasteiger charge is 2.26. The number of thiazole rings is 1. The lowest BCUT2D eigenvalue weighted by Crippen LogP contribution is -2.42. The summed E-state index contributed by atoms with van der Waals surface area (Å²) in [7, 11) is 0. The van der Waals surface area contributed by atoms with E-state index in [1.807, 2.05) is 29.2 Å². The monoisotopic (exact) mass is 481 g/mol. The molecule has 33 heavy (non-hydrogen) atoms. The second kappa shape index (κ2) is 10.7. The van der Waals surface area contributed by atoms with E-state index in [2.05, 4.69) is 43.6 Å². The molecule has 1 heterocycles. The van der Waals surface area contributed by atoms with Crippen LogP contribution in [0.3, 0.4) is 0 Å². The molecule has 1 fully saturated rings. The van der Waals surface area contributed by atoms with Crippen molar-refractivity contribution in [3.63, 3.8) is 0 Å². The molecule has 0 saturated heterocycles. The number of urea groups is 1. The van der Waals surface area contributed by atoms with Crippen LogP contribution in [0.4, 0.5) is 10.5 Å². The summed E-state index contributed by atoms with van der Waals surface area (Å²) in [6.07, 6.45) is 6.94. The Balaban J connectivity index is 1.57. The molecular formula is C27H32ClN3OS. The minimum Gasteiger partial charge on any atom is -0.316 e. The molecule has 3 aromatic rings. The van der Waals surface area contributed by atoms with Gasteiger partial charge in [0.25, 0.3) is 0 Å². The molecule has 0 aliphatic heterocycles. The average Bonchev–Trinajstić information content (AvgIpc) is 3.08. The summed E-state index contributed by atoms with van der Waals surface area (Å²) in [5.74, 6) is 0. The molecule has 0 bridgehead atoms. The van der Waals surface area contributed by atoms with Gasteiger partial charge in [-0.15, -0.1) is 11.3 Å². The lowest BCUT2D eigenvalue weighted by molar-refractivity contribution is 0.174. The van der Waals surface area contributed by atoms with Gasteiger partial charge in [-0.05, 0) is 56.9 Å². The lowest BCUT2D eigenvalue weighted by Gasteiger charge is -2.31. The minimum absolute atomic E-state index is 0.0296. The fraction of sp³-hybridized carbons (Fsp3) is 0.407. The number of amides is 2. The van der Waals surface area contributed by atoms with E-state index in [-0.39, 0.29) is 12.1 Å². The topological polar surface area (TPSA) is 45.2 Å². The zero-order chi connectivity index (χ0) is 23.4. The fourth-order valence-corrected chi connectivity index (χ4v) is 5.71. The predicted octanol–water partition coefficient (Wildman–Crippen LogP) is 8.15. The van der Waals surface area contributed by atoms with Crippen molar-refractivity contribution in [1.29, 1.82) is 0 Å². The van der Waals surface area contributed by atoms with Gasteiger partial charge in [-0.25, -0.2) is 9.78 Å². The maximum absolute atomic E-state index is 13.6. The highest BCUT2D eigenvalue weighted by molar-refractivity contribution is 7.13. The van der Waals surface area contributed by atoms with Crippen molar-refractivity contribution in [2.45, 2.75) is 71.9 Å². The molecule has 1 aliphatic carbocycles. The second-order valence-corrected chi connectivity index (χ2v) is 10.4. The van der Waals surface area contributed by atoms with E-state index in [0.29, 0.717) is 11.6 Å². The van der Waals surface area contributed by atoms with E-state index in [9.17, 15) is 4.79 Å². The normalized spacial score (nSPS) is 14.7. The van der Waals surface area contributed by atoms with Crippen LogP contribution in [0.5, 0.6) is 0 Å². The summed E-state index contributed by atoms with van der Waals surface area (Å²) in [5.41, 5.74) is 6.31. The number of rotatable bonds is 5. The summed E-state index contributed by atoms with van der Waals surface area (Å²) in [5, 5.41) is 6.98. The number of carbonyl (C=O) groups is 1. The Morgan fingerprint density at radius 2 is 1.70 bits per heavy atom. The minimum atomic E-state index is -0.0296. The third-order valence-electron chi connectivity index (χ3n) is 6.41. The van der Waals surface area contributed by atoms with Crippen LogP contribution in [0.25, 0.3) is 10.6 Å². The van der Waals surface area contributed by atoms with E-state index >= 15 is 0 Å². The van der Waals surface area contributed by atoms with Crippen LogP contribution in [-0.4, -0.2) is 22.0 Å². The number of nitrogens with one attached hydrogen (secondary N) is 1. The van der Waals surface area contributed by atoms with E-state index in [1.54, 1.807) is 11.3 Å². The molecule has 2 aromatic carbocycles. The number of benzene rings is 2. The number of carbonyl (C=O) groups excluding carboxylic acids is 1. The second-order valence-electron chi connectivity index (χ2n) is 9.13. The van der Waals surface area contributed by atoms with Gasteiger partial charge in [-0.3, -0.25) is 0 Å². The molecule has 1 aromatic heterocycles. The van der Waals surface area contributed by atoms with Crippen LogP contribution in [0.15, 0.2) is 41.8 Å². The third kappa shape index (κ3) is 5.96. The predicted molar refractivity (Wildman–Crippen MR) is 139 cm³/mol. The van der Waals surface area contributed by atoms with E-state index in [4.69, 9.17) is 16.6 Å². The SMILES string of the molecule is Cc1cc(C)c(NC(=O)N(Cc2csc(-c3ccc(Cl)cc3)n2)C2CCCCCC2)c(C)c1. The summed E-state index contributed by atoms with van der Waals surface area (Å²) < 4.78 is 0. The summed E-state index contributed by atoms with van der Waals surface area (Å²) in [6.45, 7) is 6.73. The van der Waals surface area contributed by atoms with E-state index in [1.165, 1.54) is 31.2 Å². The zero-order valence-corrected chi connectivity index (χ0v) is 21.2. The zero-order valence-electron chi connectivity index (χ0n) is 19.7. The first kappa shape index (κ1) is 23.8. The highest BCUT2D eigenvalue weighted by atomic mass is 35.5. The van der Waals surface area contributed by atoms with Gasteiger partial charge in [0, 0.05) is 27.7 Å². The molecular weight excluding hydrogens is 450 g/mol. The number of aryl methyl sites for hydroxylation is 3. The molecule has 6 heteroatoms. The first-order valence-electron chi connectivity index (χ1n) is 11.8. The van der Waals surface area contributed by atoms with Crippen molar-refractivity contribution in [2.24, 2.45) is 0 Å². The number of hydrogen-bond donors (Lipinski definition) is 1. The summed E-state index contributed by atoms with van der Waals surface area (Å²) >= 11 is 7.65. The molecule has 4 nitrogen and oxygen atoms in total. The molecule has 1 N–H and O–H groups in total. The van der Waals surface area contributed by atoms with Crippen molar-refractivity contribution in [3.8, 4) is 10.6 Å². The Kier molecular flexibility index (Phi) is 7.71. The van der Waals surface area contributed by atoms with Crippen molar-refractivity contribution in [2.75, 3.05) is 5.32 Å². The van der Waals surface area contributed by atoms with E-state index in [0.717, 1.165) is 45.9 Å². The third-order valence-corrected chi connectivity index (χ3v) is 7.60. The van der Waals surface area contributed by atoms with Gasteiger partial charge in [-0.1, -0.05) is 67.1 Å². The Bertz CT molecular complexity index is 1080. The van der Waals surface area contributed by atoms with Crippen molar-refractivity contribution >= 4 is 34.7 Å². The molecule has 4 rings (SSSR count). The lowest BCUT2D eigenvalue weighted by atomic mass is 10.0. The van der Waals surface area contributed by atoms with Gasteiger partial charge in [0.15, 0.2) is 0 Å². The molecule has 0 radical (unpaired) electrons. The molecule has 0 atom stereocenters. The molecule has 1 saturated carbocycles. The van der Waals surface area contributed by atoms with Crippen LogP contribution in [0, 0.1) is 20.8 Å². The summed E-state index contributed by atoms with van der Waals surface area (Å²) in [4.78, 5) is 20.5. The first-order valence-corrected chi connectivity index (χ1v) is 13.0. The standard InChI is InChI=1S/C27H32ClN3OS/c1-18-14-19(2)25(20(3)15-18)30-27(32)31(24-8-6-4-5-7-9-24)16-23-17-33-26(29-23)21-10-12-22(28)13-11-21/h10-15,17,24H,4-9,16H2,1-3H3,(H,30,32). The number of halogens is 1. The van der Waals surface area contributed by atoms with Crippen LogP contribution in [0.2, 0.25) is 5.02 Å². The maximum Gasteiger partial charge on any atom is 0.322 e. The van der Waals surface area contributed by atoms with Gasteiger partial charge in [-0.2, -0.15) is 0 Å². The van der Waals surface area contributed by atoms with Crippen LogP contribution >= 0.6 is 22.9 Å².